The summed E-state index contributed by atoms with van der Waals surface area (Å²) in [6.07, 6.45) is 3.97. The molecule has 0 fully saturated rings. The van der Waals surface area contributed by atoms with Gasteiger partial charge in [-0.2, -0.15) is 5.10 Å². The minimum atomic E-state index is 0.819. The smallest absolute Gasteiger partial charge is 0.134 e. The third-order valence-electron chi connectivity index (χ3n) is 5.02. The second kappa shape index (κ2) is 5.73. The van der Waals surface area contributed by atoms with Crippen LogP contribution in [0, 0.1) is 6.92 Å². The van der Waals surface area contributed by atoms with Gasteiger partial charge in [-0.15, -0.1) is 0 Å². The first kappa shape index (κ1) is 15.2. The second-order valence-electron chi connectivity index (χ2n) is 6.67. The Morgan fingerprint density at radius 3 is 2.96 bits per heavy atom. The molecule has 0 radical (unpaired) electrons. The molecule has 3 aromatic heterocycles. The van der Waals surface area contributed by atoms with Crippen LogP contribution in [-0.4, -0.2) is 21.9 Å². The molecule has 0 saturated carbocycles. The standard InChI is InChI=1S/C21H19N3O2/c1-13-5-3-6-17(22-13)21-20(18-7-4-10-24(18)23-21)16-12-26-19-9-8-14(25-2)11-15(16)19/h3,5-6,8-9,11-12H,4,7,10H2,1-2H3. The fraction of sp³-hybridized carbons (Fsp3) is 0.238. The highest BCUT2D eigenvalue weighted by Gasteiger charge is 2.26. The zero-order valence-corrected chi connectivity index (χ0v) is 14.8. The molecule has 4 aromatic rings. The zero-order valence-electron chi connectivity index (χ0n) is 14.8. The van der Waals surface area contributed by atoms with Crippen molar-refractivity contribution in [1.29, 1.82) is 0 Å². The molecule has 0 saturated heterocycles. The van der Waals surface area contributed by atoms with Crippen LogP contribution in [0.3, 0.4) is 0 Å². The van der Waals surface area contributed by atoms with Crippen LogP contribution in [-0.2, 0) is 13.0 Å². The number of pyridine rings is 1. The Labute approximate surface area is 151 Å². The molecule has 0 amide bonds. The minimum Gasteiger partial charge on any atom is -0.497 e. The van der Waals surface area contributed by atoms with Crippen LogP contribution >= 0.6 is 0 Å². The lowest BCUT2D eigenvalue weighted by Gasteiger charge is -2.05. The van der Waals surface area contributed by atoms with Crippen molar-refractivity contribution in [2.24, 2.45) is 0 Å². The fourth-order valence-corrected chi connectivity index (χ4v) is 3.80. The normalized spacial score (nSPS) is 13.3. The molecule has 4 heterocycles. The minimum absolute atomic E-state index is 0.819. The maximum atomic E-state index is 5.83. The van der Waals surface area contributed by atoms with Gasteiger partial charge >= 0.3 is 0 Å². The number of aromatic nitrogens is 3. The number of hydrogen-bond donors (Lipinski definition) is 0. The molecule has 5 nitrogen and oxygen atoms in total. The Hall–Kier alpha value is -3.08. The molecule has 0 spiro atoms. The van der Waals surface area contributed by atoms with Gasteiger partial charge in [-0.05, 0) is 50.1 Å². The topological polar surface area (TPSA) is 53.1 Å². The number of methoxy groups -OCH3 is 1. The molecule has 5 heteroatoms. The predicted molar refractivity (Wildman–Crippen MR) is 100 cm³/mol. The number of furan rings is 1. The van der Waals surface area contributed by atoms with Crippen molar-refractivity contribution in [2.75, 3.05) is 7.11 Å². The van der Waals surface area contributed by atoms with Gasteiger partial charge in [0.1, 0.15) is 17.0 Å². The summed E-state index contributed by atoms with van der Waals surface area (Å²) in [5, 5.41) is 5.93. The molecule has 0 N–H and O–H groups in total. The summed E-state index contributed by atoms with van der Waals surface area (Å²) in [7, 11) is 1.68. The average Bonchev–Trinajstić information content (AvgIpc) is 3.34. The number of rotatable bonds is 3. The van der Waals surface area contributed by atoms with Gasteiger partial charge in [-0.25, -0.2) is 0 Å². The maximum absolute atomic E-state index is 5.83. The van der Waals surface area contributed by atoms with E-state index in [0.717, 1.165) is 64.3 Å². The molecular weight excluding hydrogens is 326 g/mol. The highest BCUT2D eigenvalue weighted by atomic mass is 16.5. The van der Waals surface area contributed by atoms with Crippen molar-refractivity contribution >= 4 is 11.0 Å². The van der Waals surface area contributed by atoms with Crippen LogP contribution in [0.25, 0.3) is 33.5 Å². The third kappa shape index (κ3) is 2.24. The maximum Gasteiger partial charge on any atom is 0.134 e. The van der Waals surface area contributed by atoms with E-state index in [-0.39, 0.29) is 0 Å². The average molecular weight is 345 g/mol. The van der Waals surface area contributed by atoms with E-state index in [1.54, 1.807) is 7.11 Å². The van der Waals surface area contributed by atoms with Crippen LogP contribution < -0.4 is 4.74 Å². The van der Waals surface area contributed by atoms with E-state index in [9.17, 15) is 0 Å². The van der Waals surface area contributed by atoms with Crippen LogP contribution in [0.2, 0.25) is 0 Å². The van der Waals surface area contributed by atoms with Crippen LogP contribution in [0.1, 0.15) is 17.8 Å². The van der Waals surface area contributed by atoms with Crippen LogP contribution in [0.15, 0.2) is 47.1 Å². The molecule has 130 valence electrons. The van der Waals surface area contributed by atoms with E-state index in [1.165, 1.54) is 5.69 Å². The van der Waals surface area contributed by atoms with Gasteiger partial charge in [0.2, 0.25) is 0 Å². The number of fused-ring (bicyclic) bond motifs is 2. The van der Waals surface area contributed by atoms with Gasteiger partial charge < -0.3 is 9.15 Å². The van der Waals surface area contributed by atoms with Crippen molar-refractivity contribution in [3.63, 3.8) is 0 Å². The number of hydrogen-bond acceptors (Lipinski definition) is 4. The quantitative estimate of drug-likeness (QED) is 0.543. The van der Waals surface area contributed by atoms with E-state index in [1.807, 2.05) is 49.6 Å². The lowest BCUT2D eigenvalue weighted by atomic mass is 9.99. The molecule has 26 heavy (non-hydrogen) atoms. The molecule has 1 aliphatic heterocycles. The third-order valence-corrected chi connectivity index (χ3v) is 5.02. The van der Waals surface area contributed by atoms with E-state index in [0.29, 0.717) is 0 Å². The Balaban J connectivity index is 1.79. The van der Waals surface area contributed by atoms with Crippen molar-refractivity contribution in [2.45, 2.75) is 26.3 Å². The van der Waals surface area contributed by atoms with Gasteiger partial charge in [-0.1, -0.05) is 6.07 Å². The summed E-state index contributed by atoms with van der Waals surface area (Å²) in [6.45, 7) is 2.96. The molecule has 1 aliphatic rings. The van der Waals surface area contributed by atoms with E-state index < -0.39 is 0 Å². The number of benzene rings is 1. The molecule has 5 rings (SSSR count). The van der Waals surface area contributed by atoms with Gasteiger partial charge in [0.25, 0.3) is 0 Å². The highest BCUT2D eigenvalue weighted by molar-refractivity contribution is 5.99. The van der Waals surface area contributed by atoms with Crippen LogP contribution in [0.5, 0.6) is 5.75 Å². The lowest BCUT2D eigenvalue weighted by Crippen LogP contribution is -1.95. The Bertz CT molecular complexity index is 1120. The SMILES string of the molecule is COc1ccc2occ(-c3c(-c4cccc(C)n4)nn4c3CCC4)c2c1. The molecule has 0 atom stereocenters. The predicted octanol–water partition coefficient (Wildman–Crippen LogP) is 4.62. The lowest BCUT2D eigenvalue weighted by molar-refractivity contribution is 0.415. The molecule has 0 aliphatic carbocycles. The van der Waals surface area contributed by atoms with Crippen molar-refractivity contribution in [1.82, 2.24) is 14.8 Å². The first-order chi connectivity index (χ1) is 12.7. The number of ether oxygens (including phenoxy) is 1. The van der Waals surface area contributed by atoms with E-state index >= 15 is 0 Å². The zero-order chi connectivity index (χ0) is 17.7. The molecule has 0 unspecified atom stereocenters. The molecular formula is C21H19N3O2. The van der Waals surface area contributed by atoms with Gasteiger partial charge in [0, 0.05) is 34.4 Å². The highest BCUT2D eigenvalue weighted by Crippen LogP contribution is 2.41. The largest absolute Gasteiger partial charge is 0.497 e. The van der Waals surface area contributed by atoms with E-state index in [2.05, 4.69) is 4.68 Å². The second-order valence-corrected chi connectivity index (χ2v) is 6.67. The van der Waals surface area contributed by atoms with Gasteiger partial charge in [0.15, 0.2) is 0 Å². The van der Waals surface area contributed by atoms with Gasteiger partial charge in [0.05, 0.1) is 19.1 Å². The summed E-state index contributed by atoms with van der Waals surface area (Å²) >= 11 is 0. The van der Waals surface area contributed by atoms with Crippen molar-refractivity contribution < 1.29 is 9.15 Å². The summed E-state index contributed by atoms with van der Waals surface area (Å²) in [4.78, 5) is 4.71. The number of aryl methyl sites for hydroxylation is 2. The first-order valence-electron chi connectivity index (χ1n) is 8.84. The summed E-state index contributed by atoms with van der Waals surface area (Å²) in [6, 6.07) is 12.0. The number of nitrogens with zero attached hydrogens (tertiary/aromatic N) is 3. The fourth-order valence-electron chi connectivity index (χ4n) is 3.80. The van der Waals surface area contributed by atoms with Crippen molar-refractivity contribution in [3.05, 3.63) is 54.0 Å². The Kier molecular flexibility index (Phi) is 3.35. The van der Waals surface area contributed by atoms with Gasteiger partial charge in [-0.3, -0.25) is 9.67 Å². The summed E-state index contributed by atoms with van der Waals surface area (Å²) in [5.74, 6) is 0.819. The van der Waals surface area contributed by atoms with E-state index in [4.69, 9.17) is 19.2 Å². The van der Waals surface area contributed by atoms with Crippen LogP contribution in [0.4, 0.5) is 0 Å². The summed E-state index contributed by atoms with van der Waals surface area (Å²) < 4.78 is 13.4. The monoisotopic (exact) mass is 345 g/mol. The van der Waals surface area contributed by atoms with Crippen molar-refractivity contribution in [3.8, 4) is 28.3 Å². The Morgan fingerprint density at radius 2 is 2.12 bits per heavy atom. The Morgan fingerprint density at radius 1 is 1.19 bits per heavy atom. The molecule has 0 bridgehead atoms. The first-order valence-corrected chi connectivity index (χ1v) is 8.84. The molecule has 1 aromatic carbocycles. The summed E-state index contributed by atoms with van der Waals surface area (Å²) in [5.41, 5.74) is 7.11.